The Labute approximate surface area is 145 Å². The molecule has 0 bridgehead atoms. The number of likely N-dealkylation sites (tertiary alicyclic amines) is 1. The van der Waals surface area contributed by atoms with Crippen LogP contribution in [0.3, 0.4) is 0 Å². The molecule has 1 aliphatic rings. The molecule has 0 radical (unpaired) electrons. The Morgan fingerprint density at radius 3 is 2.84 bits per heavy atom. The van der Waals surface area contributed by atoms with Gasteiger partial charge in [0, 0.05) is 18.3 Å². The van der Waals surface area contributed by atoms with Crippen LogP contribution in [-0.2, 0) is 6.42 Å². The number of hydrogen-bond donors (Lipinski definition) is 1. The van der Waals surface area contributed by atoms with Gasteiger partial charge in [0.2, 0.25) is 0 Å². The first-order valence-electron chi connectivity index (χ1n) is 8.50. The van der Waals surface area contributed by atoms with Crippen LogP contribution < -0.4 is 5.69 Å². The topological polar surface area (TPSA) is 70.5 Å². The molecule has 1 aliphatic heterocycles. The van der Waals surface area contributed by atoms with E-state index in [1.54, 1.807) is 18.3 Å². The number of aromatic amines is 1. The summed E-state index contributed by atoms with van der Waals surface area (Å²) in [5, 5.41) is 6.43. The van der Waals surface area contributed by atoms with Crippen molar-refractivity contribution in [2.75, 3.05) is 6.54 Å². The van der Waals surface area contributed by atoms with Gasteiger partial charge in [-0.05, 0) is 43.9 Å². The Balaban J connectivity index is 1.69. The molecule has 128 valence electrons. The van der Waals surface area contributed by atoms with Crippen molar-refractivity contribution < 1.29 is 4.79 Å². The van der Waals surface area contributed by atoms with Crippen LogP contribution in [0.25, 0.3) is 5.65 Å². The van der Waals surface area contributed by atoms with Gasteiger partial charge in [-0.15, -0.1) is 0 Å². The standard InChI is InChI=1S/C19H20N4O2/c1-19(13-14-7-3-2-4-8-14)10-6-12-23(19)17(24)15-9-5-11-22-16(15)20-21-18(22)25/h2-5,7-9,11H,6,10,12-13H2,1H3,(H,21,25). The lowest BCUT2D eigenvalue weighted by atomic mass is 9.90. The first kappa shape index (κ1) is 15.6. The Hall–Kier alpha value is -2.89. The third kappa shape index (κ3) is 2.63. The maximum atomic E-state index is 13.2. The minimum atomic E-state index is -0.335. The zero-order chi connectivity index (χ0) is 17.4. The highest BCUT2D eigenvalue weighted by atomic mass is 16.2. The van der Waals surface area contributed by atoms with Gasteiger partial charge in [0.15, 0.2) is 5.65 Å². The van der Waals surface area contributed by atoms with Crippen molar-refractivity contribution in [1.82, 2.24) is 19.5 Å². The van der Waals surface area contributed by atoms with E-state index in [0.29, 0.717) is 11.2 Å². The molecule has 3 heterocycles. The van der Waals surface area contributed by atoms with Crippen molar-refractivity contribution in [2.24, 2.45) is 0 Å². The molecule has 1 aromatic carbocycles. The summed E-state index contributed by atoms with van der Waals surface area (Å²) in [4.78, 5) is 26.9. The van der Waals surface area contributed by atoms with Crippen LogP contribution in [0.4, 0.5) is 0 Å². The van der Waals surface area contributed by atoms with E-state index in [1.165, 1.54) is 9.96 Å². The van der Waals surface area contributed by atoms with E-state index >= 15 is 0 Å². The molecule has 4 rings (SSSR count). The lowest BCUT2D eigenvalue weighted by molar-refractivity contribution is 0.0626. The molecule has 25 heavy (non-hydrogen) atoms. The van der Waals surface area contributed by atoms with Crippen molar-refractivity contribution in [1.29, 1.82) is 0 Å². The summed E-state index contributed by atoms with van der Waals surface area (Å²) in [6.07, 6.45) is 4.37. The Bertz CT molecular complexity index is 976. The van der Waals surface area contributed by atoms with Crippen molar-refractivity contribution in [3.05, 3.63) is 70.3 Å². The maximum absolute atomic E-state index is 13.2. The van der Waals surface area contributed by atoms with E-state index in [0.717, 1.165) is 25.8 Å². The van der Waals surface area contributed by atoms with E-state index in [9.17, 15) is 9.59 Å². The number of pyridine rings is 1. The average Bonchev–Trinajstić information content (AvgIpc) is 3.18. The summed E-state index contributed by atoms with van der Waals surface area (Å²) in [6.45, 7) is 2.86. The molecule has 1 saturated heterocycles. The van der Waals surface area contributed by atoms with Crippen LogP contribution in [0, 0.1) is 0 Å². The quantitative estimate of drug-likeness (QED) is 0.797. The van der Waals surface area contributed by atoms with E-state index < -0.39 is 0 Å². The Kier molecular flexibility index (Phi) is 3.67. The van der Waals surface area contributed by atoms with Gasteiger partial charge in [-0.1, -0.05) is 30.3 Å². The molecule has 0 spiro atoms. The highest BCUT2D eigenvalue weighted by molar-refractivity contribution is 6.00. The summed E-state index contributed by atoms with van der Waals surface area (Å²) in [6, 6.07) is 13.7. The predicted molar refractivity (Wildman–Crippen MR) is 94.6 cm³/mol. The van der Waals surface area contributed by atoms with E-state index in [-0.39, 0.29) is 17.1 Å². The highest BCUT2D eigenvalue weighted by Crippen LogP contribution is 2.34. The van der Waals surface area contributed by atoms with Gasteiger partial charge in [0.1, 0.15) is 0 Å². The Morgan fingerprint density at radius 2 is 2.04 bits per heavy atom. The summed E-state index contributed by atoms with van der Waals surface area (Å²) in [5.74, 6) is -0.0690. The lowest BCUT2D eigenvalue weighted by Crippen LogP contribution is -2.46. The molecule has 2 aromatic heterocycles. The Morgan fingerprint density at radius 1 is 1.24 bits per heavy atom. The van der Waals surface area contributed by atoms with Crippen molar-refractivity contribution >= 4 is 11.6 Å². The van der Waals surface area contributed by atoms with E-state index in [1.807, 2.05) is 23.1 Å². The average molecular weight is 336 g/mol. The number of nitrogens with zero attached hydrogens (tertiary/aromatic N) is 3. The number of H-pyrrole nitrogens is 1. The SMILES string of the molecule is CC1(Cc2ccccc2)CCCN1C(=O)c1cccn2c(=O)[nH]nc12. The molecule has 6 heteroatoms. The summed E-state index contributed by atoms with van der Waals surface area (Å²) >= 11 is 0. The predicted octanol–water partition coefficient (Wildman–Crippen LogP) is 2.26. The van der Waals surface area contributed by atoms with Gasteiger partial charge < -0.3 is 4.90 Å². The largest absolute Gasteiger partial charge is 0.347 e. The first-order valence-corrected chi connectivity index (χ1v) is 8.50. The fraction of sp³-hybridized carbons (Fsp3) is 0.316. The second-order valence-electron chi connectivity index (χ2n) is 6.86. The van der Waals surface area contributed by atoms with Crippen LogP contribution in [0.5, 0.6) is 0 Å². The molecule has 1 amide bonds. The third-order valence-electron chi connectivity index (χ3n) is 5.10. The number of rotatable bonds is 3. The number of carbonyl (C=O) groups excluding carboxylic acids is 1. The lowest BCUT2D eigenvalue weighted by Gasteiger charge is -2.35. The molecule has 0 aliphatic carbocycles. The molecule has 6 nitrogen and oxygen atoms in total. The van der Waals surface area contributed by atoms with Crippen LogP contribution in [-0.4, -0.2) is 37.5 Å². The normalized spacial score (nSPS) is 20.3. The summed E-state index contributed by atoms with van der Waals surface area (Å²) < 4.78 is 1.37. The van der Waals surface area contributed by atoms with Crippen molar-refractivity contribution in [3.63, 3.8) is 0 Å². The smallest absolute Gasteiger partial charge is 0.333 e. The minimum absolute atomic E-state index is 0.0690. The van der Waals surface area contributed by atoms with Crippen LogP contribution in [0.2, 0.25) is 0 Å². The molecular formula is C19H20N4O2. The van der Waals surface area contributed by atoms with Crippen molar-refractivity contribution in [3.8, 4) is 0 Å². The number of benzene rings is 1. The van der Waals surface area contributed by atoms with Gasteiger partial charge in [-0.25, -0.2) is 14.3 Å². The number of carbonyl (C=O) groups is 1. The second-order valence-corrected chi connectivity index (χ2v) is 6.86. The van der Waals surface area contributed by atoms with Crippen LogP contribution in [0.15, 0.2) is 53.5 Å². The van der Waals surface area contributed by atoms with Gasteiger partial charge in [0.25, 0.3) is 5.91 Å². The first-order chi connectivity index (χ1) is 12.1. The minimum Gasteiger partial charge on any atom is -0.333 e. The molecule has 0 saturated carbocycles. The molecule has 1 N–H and O–H groups in total. The zero-order valence-corrected chi connectivity index (χ0v) is 14.1. The third-order valence-corrected chi connectivity index (χ3v) is 5.10. The van der Waals surface area contributed by atoms with Crippen LogP contribution in [0.1, 0.15) is 35.7 Å². The van der Waals surface area contributed by atoms with E-state index in [4.69, 9.17) is 0 Å². The summed E-state index contributed by atoms with van der Waals surface area (Å²) in [7, 11) is 0. The number of amides is 1. The molecule has 1 unspecified atom stereocenters. The number of nitrogens with one attached hydrogen (secondary N) is 1. The summed E-state index contributed by atoms with van der Waals surface area (Å²) in [5.41, 5.74) is 1.49. The number of fused-ring (bicyclic) bond motifs is 1. The van der Waals surface area contributed by atoms with Gasteiger partial charge in [-0.2, -0.15) is 5.10 Å². The molecule has 1 atom stereocenters. The molecule has 3 aromatic rings. The monoisotopic (exact) mass is 336 g/mol. The fourth-order valence-corrected chi connectivity index (χ4v) is 3.83. The van der Waals surface area contributed by atoms with E-state index in [2.05, 4.69) is 29.3 Å². The van der Waals surface area contributed by atoms with Gasteiger partial charge in [0.05, 0.1) is 5.56 Å². The second kappa shape index (κ2) is 5.88. The number of aromatic nitrogens is 3. The molecule has 1 fully saturated rings. The molecular weight excluding hydrogens is 316 g/mol. The van der Waals surface area contributed by atoms with Gasteiger partial charge in [-0.3, -0.25) is 4.79 Å². The maximum Gasteiger partial charge on any atom is 0.347 e. The van der Waals surface area contributed by atoms with Gasteiger partial charge >= 0.3 is 5.69 Å². The highest BCUT2D eigenvalue weighted by Gasteiger charge is 2.40. The zero-order valence-electron chi connectivity index (χ0n) is 14.1. The fourth-order valence-electron chi connectivity index (χ4n) is 3.83. The van der Waals surface area contributed by atoms with Crippen LogP contribution >= 0.6 is 0 Å². The number of hydrogen-bond acceptors (Lipinski definition) is 3. The van der Waals surface area contributed by atoms with Crippen molar-refractivity contribution in [2.45, 2.75) is 31.7 Å².